The fourth-order valence-electron chi connectivity index (χ4n) is 3.78. The molecule has 1 fully saturated rings. The minimum Gasteiger partial charge on any atom is -0.353 e. The molecule has 6 rings (SSSR count). The van der Waals surface area contributed by atoms with E-state index in [0.29, 0.717) is 28.7 Å². The summed E-state index contributed by atoms with van der Waals surface area (Å²) >= 11 is 1.49. The van der Waals surface area contributed by atoms with E-state index in [9.17, 15) is 9.59 Å². The highest BCUT2D eigenvalue weighted by molar-refractivity contribution is 7.09. The van der Waals surface area contributed by atoms with E-state index in [4.69, 9.17) is 0 Å². The van der Waals surface area contributed by atoms with Crippen LogP contribution < -0.4 is 10.9 Å². The van der Waals surface area contributed by atoms with Crippen molar-refractivity contribution in [1.82, 2.24) is 24.7 Å². The Labute approximate surface area is 179 Å². The van der Waals surface area contributed by atoms with Crippen LogP contribution in [0.1, 0.15) is 34.8 Å². The van der Waals surface area contributed by atoms with Gasteiger partial charge in [0, 0.05) is 46.3 Å². The van der Waals surface area contributed by atoms with Crippen molar-refractivity contribution in [3.63, 3.8) is 0 Å². The topological polar surface area (TPSA) is 108 Å². The van der Waals surface area contributed by atoms with E-state index in [2.05, 4.69) is 25.4 Å². The molecule has 0 spiro atoms. The number of thiophene rings is 1. The van der Waals surface area contributed by atoms with Gasteiger partial charge in [0.25, 0.3) is 11.5 Å². The summed E-state index contributed by atoms with van der Waals surface area (Å²) in [4.78, 5) is 35.9. The lowest BCUT2D eigenvalue weighted by Gasteiger charge is -2.05. The number of nitrogens with one attached hydrogen (secondary N) is 3. The molecule has 4 heterocycles. The first kappa shape index (κ1) is 18.1. The van der Waals surface area contributed by atoms with Crippen LogP contribution in [0.3, 0.4) is 0 Å². The van der Waals surface area contributed by atoms with Gasteiger partial charge in [-0.05, 0) is 37.1 Å². The lowest BCUT2D eigenvalue weighted by atomic mass is 10.1. The number of aromatic nitrogens is 5. The van der Waals surface area contributed by atoms with Crippen molar-refractivity contribution < 1.29 is 4.79 Å². The number of anilines is 1. The number of H-pyrrole nitrogens is 2. The second-order valence-corrected chi connectivity index (χ2v) is 8.62. The molecule has 154 valence electrons. The van der Waals surface area contributed by atoms with Crippen LogP contribution in [0.25, 0.3) is 33.3 Å². The summed E-state index contributed by atoms with van der Waals surface area (Å²) in [6.07, 6.45) is 2.32. The number of carbonyl (C=O) groups is 1. The van der Waals surface area contributed by atoms with Crippen molar-refractivity contribution in [1.29, 1.82) is 0 Å². The van der Waals surface area contributed by atoms with Gasteiger partial charge >= 0.3 is 0 Å². The highest BCUT2D eigenvalue weighted by atomic mass is 32.1. The summed E-state index contributed by atoms with van der Waals surface area (Å²) in [5, 5.41) is 12.0. The number of rotatable bonds is 4. The Hall–Kier alpha value is -3.72. The van der Waals surface area contributed by atoms with E-state index in [1.807, 2.05) is 36.0 Å². The molecule has 8 nitrogen and oxygen atoms in total. The molecule has 5 aromatic rings. The minimum atomic E-state index is -0.252. The van der Waals surface area contributed by atoms with Crippen molar-refractivity contribution in [2.45, 2.75) is 18.8 Å². The summed E-state index contributed by atoms with van der Waals surface area (Å²) < 4.78 is 1.71. The normalized spacial score (nSPS) is 13.8. The number of nitrogens with zero attached hydrogens (tertiary/aromatic N) is 3. The van der Waals surface area contributed by atoms with Gasteiger partial charge in [-0.15, -0.1) is 11.3 Å². The van der Waals surface area contributed by atoms with Crippen LogP contribution in [0.2, 0.25) is 0 Å². The number of carbonyl (C=O) groups excluding carboxylic acids is 1. The summed E-state index contributed by atoms with van der Waals surface area (Å²) in [5.41, 5.74) is 4.56. The molecule has 1 saturated carbocycles. The molecule has 0 unspecified atom stereocenters. The molecular formula is C22H18N6O2S. The maximum Gasteiger partial charge on any atom is 0.276 e. The lowest BCUT2D eigenvalue weighted by molar-refractivity contribution is 0.102. The number of amides is 1. The van der Waals surface area contributed by atoms with Crippen LogP contribution in [-0.2, 0) is 7.05 Å². The second-order valence-electron chi connectivity index (χ2n) is 7.88. The molecule has 1 aromatic carbocycles. The first-order chi connectivity index (χ1) is 15.0. The third kappa shape index (κ3) is 3.14. The number of fused-ring (bicyclic) bond motifs is 2. The Morgan fingerprint density at radius 1 is 1.16 bits per heavy atom. The van der Waals surface area contributed by atoms with Gasteiger partial charge in [0.2, 0.25) is 0 Å². The van der Waals surface area contributed by atoms with Gasteiger partial charge in [0.1, 0.15) is 5.82 Å². The number of hydrogen-bond donors (Lipinski definition) is 3. The van der Waals surface area contributed by atoms with Crippen LogP contribution in [-0.4, -0.2) is 30.6 Å². The van der Waals surface area contributed by atoms with Crippen LogP contribution in [0.15, 0.2) is 45.9 Å². The van der Waals surface area contributed by atoms with Crippen molar-refractivity contribution >= 4 is 45.0 Å². The molecule has 3 N–H and O–H groups in total. The van der Waals surface area contributed by atoms with Crippen LogP contribution in [0, 0.1) is 0 Å². The largest absolute Gasteiger partial charge is 0.353 e. The maximum atomic E-state index is 12.8. The molecule has 4 aromatic heterocycles. The van der Waals surface area contributed by atoms with Crippen molar-refractivity contribution in [3.05, 3.63) is 62.7 Å². The van der Waals surface area contributed by atoms with Gasteiger partial charge in [0.05, 0.1) is 22.4 Å². The molecule has 9 heteroatoms. The highest BCUT2D eigenvalue weighted by Crippen LogP contribution is 2.40. The third-order valence-electron chi connectivity index (χ3n) is 5.61. The summed E-state index contributed by atoms with van der Waals surface area (Å²) in [6, 6.07) is 9.19. The zero-order valence-corrected chi connectivity index (χ0v) is 17.4. The molecule has 1 amide bonds. The molecule has 0 atom stereocenters. The maximum absolute atomic E-state index is 12.8. The van der Waals surface area contributed by atoms with E-state index < -0.39 is 0 Å². The van der Waals surface area contributed by atoms with Crippen molar-refractivity contribution in [2.24, 2.45) is 7.05 Å². The van der Waals surface area contributed by atoms with Crippen molar-refractivity contribution in [3.8, 4) is 11.4 Å². The molecule has 0 radical (unpaired) electrons. The Morgan fingerprint density at radius 2 is 2.03 bits per heavy atom. The van der Waals surface area contributed by atoms with Crippen LogP contribution in [0.5, 0.6) is 0 Å². The van der Waals surface area contributed by atoms with E-state index in [-0.39, 0.29) is 11.5 Å². The number of aryl methyl sites for hydroxylation is 1. The Bertz CT molecular complexity index is 1530. The smallest absolute Gasteiger partial charge is 0.276 e. The average Bonchev–Trinajstić information content (AvgIpc) is 3.19. The van der Waals surface area contributed by atoms with Crippen LogP contribution in [0.4, 0.5) is 5.82 Å². The highest BCUT2D eigenvalue weighted by Gasteiger charge is 2.27. The quantitative estimate of drug-likeness (QED) is 0.400. The molecule has 1 aliphatic carbocycles. The zero-order chi connectivity index (χ0) is 21.1. The van der Waals surface area contributed by atoms with Gasteiger partial charge in [-0.25, -0.2) is 4.98 Å². The standard InChI is InChI=1S/C22H18N6O2S/c1-28-19(8-15(27-28)11-2-3-11)26-21(29)12-4-5-14-13(6-12)7-16(23-14)20-22(30)25-18-10-31-9-17(18)24-20/h4-11,23H,2-3H2,1H3,(H,25,30)(H,26,29). The van der Waals surface area contributed by atoms with E-state index >= 15 is 0 Å². The minimum absolute atomic E-state index is 0.203. The zero-order valence-electron chi connectivity index (χ0n) is 16.6. The third-order valence-corrected chi connectivity index (χ3v) is 6.34. The van der Waals surface area contributed by atoms with Gasteiger partial charge in [-0.3, -0.25) is 14.3 Å². The Morgan fingerprint density at radius 3 is 2.87 bits per heavy atom. The van der Waals surface area contributed by atoms with Gasteiger partial charge in [-0.2, -0.15) is 5.10 Å². The van der Waals surface area contributed by atoms with Crippen LogP contribution >= 0.6 is 11.3 Å². The van der Waals surface area contributed by atoms with E-state index in [1.54, 1.807) is 16.8 Å². The molecule has 0 saturated heterocycles. The molecule has 0 aliphatic heterocycles. The fraction of sp³-hybridized carbons (Fsp3) is 0.182. The van der Waals surface area contributed by atoms with E-state index in [0.717, 1.165) is 40.5 Å². The SMILES string of the molecule is Cn1nc(C2CC2)cc1NC(=O)c1ccc2[nH]c(-c3nc4cscc4[nH]c3=O)cc2c1. The lowest BCUT2D eigenvalue weighted by Crippen LogP contribution is -2.14. The molecule has 0 bridgehead atoms. The fourth-order valence-corrected chi connectivity index (χ4v) is 4.47. The average molecular weight is 430 g/mol. The predicted octanol–water partition coefficient (Wildman–Crippen LogP) is 4.00. The first-order valence-corrected chi connectivity index (χ1v) is 10.9. The Balaban J connectivity index is 1.32. The van der Waals surface area contributed by atoms with Gasteiger partial charge in [0.15, 0.2) is 5.69 Å². The first-order valence-electron chi connectivity index (χ1n) is 10.00. The molecule has 31 heavy (non-hydrogen) atoms. The van der Waals surface area contributed by atoms with E-state index in [1.165, 1.54) is 11.3 Å². The summed E-state index contributed by atoms with van der Waals surface area (Å²) in [5.74, 6) is 1.00. The van der Waals surface area contributed by atoms with Gasteiger partial charge in [-0.1, -0.05) is 0 Å². The number of benzene rings is 1. The van der Waals surface area contributed by atoms with Crippen molar-refractivity contribution in [2.75, 3.05) is 5.32 Å². The summed E-state index contributed by atoms with van der Waals surface area (Å²) in [6.45, 7) is 0. The molecular weight excluding hydrogens is 412 g/mol. The van der Waals surface area contributed by atoms with Gasteiger partial charge < -0.3 is 15.3 Å². The predicted molar refractivity (Wildman–Crippen MR) is 121 cm³/mol. The second kappa shape index (κ2) is 6.64. The Kier molecular flexibility index (Phi) is 3.87. The monoisotopic (exact) mass is 430 g/mol. The molecule has 1 aliphatic rings. The number of aromatic amines is 2. The number of hydrogen-bond acceptors (Lipinski definition) is 5. The summed E-state index contributed by atoms with van der Waals surface area (Å²) in [7, 11) is 1.83.